The fourth-order valence-electron chi connectivity index (χ4n) is 4.24. The van der Waals surface area contributed by atoms with Crippen LogP contribution in [0.15, 0.2) is 48.5 Å². The molecule has 6 nitrogen and oxygen atoms in total. The minimum Gasteiger partial charge on any atom is -0.463 e. The average molecular weight is 500 g/mol. The van der Waals surface area contributed by atoms with Crippen LogP contribution in [-0.2, 0) is 27.2 Å². The number of esters is 1. The highest BCUT2D eigenvalue weighted by atomic mass is 35.5. The fraction of sp³-hybridized carbons (Fsp3) is 0.500. The number of piperazine rings is 1. The van der Waals surface area contributed by atoms with E-state index in [0.29, 0.717) is 19.3 Å². The molecule has 1 heterocycles. The van der Waals surface area contributed by atoms with Gasteiger partial charge >= 0.3 is 5.97 Å². The maximum absolute atomic E-state index is 12.4. The summed E-state index contributed by atoms with van der Waals surface area (Å²) >= 11 is 6.07. The van der Waals surface area contributed by atoms with Gasteiger partial charge in [0.15, 0.2) is 0 Å². The highest BCUT2D eigenvalue weighted by Gasteiger charge is 2.17. The van der Waals surface area contributed by atoms with Crippen molar-refractivity contribution in [3.63, 3.8) is 0 Å². The second kappa shape index (κ2) is 14.2. The van der Waals surface area contributed by atoms with Crippen molar-refractivity contribution in [3.8, 4) is 0 Å². The number of benzene rings is 2. The first kappa shape index (κ1) is 27.2. The first-order valence-electron chi connectivity index (χ1n) is 12.6. The van der Waals surface area contributed by atoms with Gasteiger partial charge in [-0.2, -0.15) is 0 Å². The molecule has 0 aromatic heterocycles. The van der Waals surface area contributed by atoms with Gasteiger partial charge in [-0.3, -0.25) is 9.59 Å². The maximum atomic E-state index is 12.4. The van der Waals surface area contributed by atoms with E-state index in [4.69, 9.17) is 16.3 Å². The Morgan fingerprint density at radius 3 is 2.26 bits per heavy atom. The van der Waals surface area contributed by atoms with Gasteiger partial charge < -0.3 is 19.9 Å². The van der Waals surface area contributed by atoms with Crippen LogP contribution in [-0.4, -0.2) is 67.0 Å². The van der Waals surface area contributed by atoms with E-state index in [2.05, 4.69) is 21.2 Å². The van der Waals surface area contributed by atoms with Crippen LogP contribution >= 0.6 is 11.6 Å². The summed E-state index contributed by atoms with van der Waals surface area (Å²) in [6.07, 6.45) is 3.56. The zero-order valence-electron chi connectivity index (χ0n) is 21.0. The molecule has 1 fully saturated rings. The predicted octanol–water partition coefficient (Wildman–Crippen LogP) is 4.80. The SMILES string of the molecule is CC(C)OC(=O)CCc1ccc(NC(=O)CCN2CCN(CCCc3cccc(Cl)c3)CC2)cc1. The van der Waals surface area contributed by atoms with E-state index < -0.39 is 0 Å². The molecule has 0 spiro atoms. The standard InChI is InChI=1S/C28H38ClN3O3/c1-22(2)35-28(34)13-10-23-8-11-26(12-9-23)30-27(33)14-16-32-19-17-31(18-20-32)15-4-6-24-5-3-7-25(29)21-24/h3,5,7-9,11-12,21-22H,4,6,10,13-20H2,1-2H3,(H,30,33). The Labute approximate surface area is 214 Å². The molecule has 1 N–H and O–H groups in total. The zero-order chi connectivity index (χ0) is 25.0. The van der Waals surface area contributed by atoms with Crippen molar-refractivity contribution in [2.45, 2.75) is 52.1 Å². The van der Waals surface area contributed by atoms with Crippen molar-refractivity contribution in [1.29, 1.82) is 0 Å². The summed E-state index contributed by atoms with van der Waals surface area (Å²) in [4.78, 5) is 29.0. The molecule has 1 aliphatic rings. The van der Waals surface area contributed by atoms with Crippen LogP contribution < -0.4 is 5.32 Å². The first-order chi connectivity index (χ1) is 16.9. The lowest BCUT2D eigenvalue weighted by Crippen LogP contribution is -2.47. The van der Waals surface area contributed by atoms with Crippen molar-refractivity contribution < 1.29 is 14.3 Å². The fourth-order valence-corrected chi connectivity index (χ4v) is 4.45. The lowest BCUT2D eigenvalue weighted by atomic mass is 10.1. The molecular weight excluding hydrogens is 462 g/mol. The van der Waals surface area contributed by atoms with Crippen LogP contribution in [0, 0.1) is 0 Å². The Hall–Kier alpha value is -2.41. The van der Waals surface area contributed by atoms with Gasteiger partial charge in [0.1, 0.15) is 0 Å². The first-order valence-corrected chi connectivity index (χ1v) is 13.0. The predicted molar refractivity (Wildman–Crippen MR) is 142 cm³/mol. The number of aryl methyl sites for hydroxylation is 2. The molecule has 0 aliphatic carbocycles. The summed E-state index contributed by atoms with van der Waals surface area (Å²) in [6, 6.07) is 15.8. The number of carbonyl (C=O) groups excluding carboxylic acids is 2. The number of ether oxygens (including phenoxy) is 1. The molecule has 0 unspecified atom stereocenters. The summed E-state index contributed by atoms with van der Waals surface area (Å²) in [5.74, 6) is -0.155. The molecule has 2 aromatic carbocycles. The molecule has 35 heavy (non-hydrogen) atoms. The number of rotatable bonds is 12. The van der Waals surface area contributed by atoms with Crippen LogP contribution in [0.4, 0.5) is 5.69 Å². The van der Waals surface area contributed by atoms with E-state index in [1.165, 1.54) is 5.56 Å². The van der Waals surface area contributed by atoms with Gasteiger partial charge in [-0.1, -0.05) is 35.9 Å². The summed E-state index contributed by atoms with van der Waals surface area (Å²) in [5.41, 5.74) is 3.13. The van der Waals surface area contributed by atoms with E-state index >= 15 is 0 Å². The lowest BCUT2D eigenvalue weighted by Gasteiger charge is -2.34. The molecular formula is C28H38ClN3O3. The Morgan fingerprint density at radius 1 is 0.914 bits per heavy atom. The molecule has 7 heteroatoms. The van der Waals surface area contributed by atoms with Gasteiger partial charge in [0.2, 0.25) is 5.91 Å². The van der Waals surface area contributed by atoms with Crippen molar-refractivity contribution in [3.05, 3.63) is 64.7 Å². The third-order valence-corrected chi connectivity index (χ3v) is 6.41. The normalized spacial score (nSPS) is 14.7. The topological polar surface area (TPSA) is 61.9 Å². The number of nitrogens with one attached hydrogen (secondary N) is 1. The number of amides is 1. The summed E-state index contributed by atoms with van der Waals surface area (Å²) < 4.78 is 5.16. The average Bonchev–Trinajstić information content (AvgIpc) is 2.83. The smallest absolute Gasteiger partial charge is 0.306 e. The van der Waals surface area contributed by atoms with Crippen molar-refractivity contribution in [2.24, 2.45) is 0 Å². The Kier molecular flexibility index (Phi) is 11.0. The van der Waals surface area contributed by atoms with Gasteiger partial charge in [-0.15, -0.1) is 0 Å². The van der Waals surface area contributed by atoms with Crippen molar-refractivity contribution in [1.82, 2.24) is 9.80 Å². The number of nitrogens with zero attached hydrogens (tertiary/aromatic N) is 2. The highest BCUT2D eigenvalue weighted by molar-refractivity contribution is 6.30. The molecule has 0 bridgehead atoms. The summed E-state index contributed by atoms with van der Waals surface area (Å²) in [5, 5.41) is 3.78. The van der Waals surface area contributed by atoms with Crippen LogP contribution in [0.2, 0.25) is 5.02 Å². The van der Waals surface area contributed by atoms with Crippen LogP contribution in [0.1, 0.15) is 44.2 Å². The van der Waals surface area contributed by atoms with Crippen molar-refractivity contribution >= 4 is 29.2 Å². The minimum atomic E-state index is -0.184. The molecule has 3 rings (SSSR count). The minimum absolute atomic E-state index is 0.0298. The van der Waals surface area contributed by atoms with Gasteiger partial charge in [0.25, 0.3) is 0 Å². The molecule has 0 saturated carbocycles. The molecule has 1 saturated heterocycles. The summed E-state index contributed by atoms with van der Waals surface area (Å²) in [7, 11) is 0. The second-order valence-electron chi connectivity index (χ2n) is 9.45. The molecule has 1 aliphatic heterocycles. The van der Waals surface area contributed by atoms with Gasteiger partial charge in [-0.05, 0) is 75.0 Å². The number of carbonyl (C=O) groups is 2. The van der Waals surface area contributed by atoms with E-state index in [1.54, 1.807) is 0 Å². The number of hydrogen-bond donors (Lipinski definition) is 1. The van der Waals surface area contributed by atoms with Crippen molar-refractivity contribution in [2.75, 3.05) is 44.6 Å². The molecule has 2 aromatic rings. The lowest BCUT2D eigenvalue weighted by molar-refractivity contribution is -0.147. The maximum Gasteiger partial charge on any atom is 0.306 e. The van der Waals surface area contributed by atoms with Crippen LogP contribution in [0.5, 0.6) is 0 Å². The number of halogens is 1. The monoisotopic (exact) mass is 499 g/mol. The van der Waals surface area contributed by atoms with Gasteiger partial charge in [0, 0.05) is 56.3 Å². The molecule has 0 radical (unpaired) electrons. The number of hydrogen-bond acceptors (Lipinski definition) is 5. The van der Waals surface area contributed by atoms with E-state index in [-0.39, 0.29) is 18.0 Å². The Bertz CT molecular complexity index is 941. The Morgan fingerprint density at radius 2 is 1.60 bits per heavy atom. The quantitative estimate of drug-likeness (QED) is 0.425. The van der Waals surface area contributed by atoms with E-state index in [9.17, 15) is 9.59 Å². The van der Waals surface area contributed by atoms with E-state index in [0.717, 1.165) is 68.4 Å². The largest absolute Gasteiger partial charge is 0.463 e. The molecule has 190 valence electrons. The van der Waals surface area contributed by atoms with Gasteiger partial charge in [0.05, 0.1) is 6.10 Å². The Balaban J connectivity index is 1.28. The van der Waals surface area contributed by atoms with Crippen LogP contribution in [0.25, 0.3) is 0 Å². The van der Waals surface area contributed by atoms with E-state index in [1.807, 2.05) is 56.3 Å². The van der Waals surface area contributed by atoms with Gasteiger partial charge in [-0.25, -0.2) is 0 Å². The third-order valence-electron chi connectivity index (χ3n) is 6.17. The van der Waals surface area contributed by atoms with Crippen LogP contribution in [0.3, 0.4) is 0 Å². The third kappa shape index (κ3) is 10.4. The highest BCUT2D eigenvalue weighted by Crippen LogP contribution is 2.14. The zero-order valence-corrected chi connectivity index (χ0v) is 21.7. The molecule has 1 amide bonds. The molecule has 0 atom stereocenters. The summed E-state index contributed by atoms with van der Waals surface area (Å²) in [6.45, 7) is 9.65. The second-order valence-corrected chi connectivity index (χ2v) is 9.89. The number of anilines is 1.